The lowest BCUT2D eigenvalue weighted by Crippen LogP contribution is -2.33. The van der Waals surface area contributed by atoms with E-state index in [-0.39, 0.29) is 0 Å². The van der Waals surface area contributed by atoms with Gasteiger partial charge in [0.05, 0.1) is 5.69 Å². The standard InChI is InChI=1S/C16H24N4/c1-4-18-15(10-14-7-6-8-17-12-14)11-16-9-13(3)19-20(16)5-2/h6-9,12,15,18H,4-5,10-11H2,1-3H3. The lowest BCUT2D eigenvalue weighted by molar-refractivity contribution is 0.495. The van der Waals surface area contributed by atoms with Gasteiger partial charge < -0.3 is 5.32 Å². The number of nitrogens with one attached hydrogen (secondary N) is 1. The molecule has 0 aliphatic rings. The molecule has 0 bridgehead atoms. The Labute approximate surface area is 121 Å². The number of aryl methyl sites for hydroxylation is 2. The molecule has 1 N–H and O–H groups in total. The molecule has 108 valence electrons. The first kappa shape index (κ1) is 14.7. The maximum Gasteiger partial charge on any atom is 0.0596 e. The zero-order valence-electron chi connectivity index (χ0n) is 12.6. The van der Waals surface area contributed by atoms with Crippen molar-refractivity contribution in [2.24, 2.45) is 0 Å². The summed E-state index contributed by atoms with van der Waals surface area (Å²) in [6, 6.07) is 6.75. The second kappa shape index (κ2) is 7.20. The van der Waals surface area contributed by atoms with Gasteiger partial charge in [0.15, 0.2) is 0 Å². The Balaban J connectivity index is 2.08. The summed E-state index contributed by atoms with van der Waals surface area (Å²) in [5.74, 6) is 0. The fraction of sp³-hybridized carbons (Fsp3) is 0.500. The van der Waals surface area contributed by atoms with Gasteiger partial charge in [-0.1, -0.05) is 13.0 Å². The third kappa shape index (κ3) is 3.90. The predicted molar refractivity (Wildman–Crippen MR) is 81.7 cm³/mol. The lowest BCUT2D eigenvalue weighted by Gasteiger charge is -2.18. The van der Waals surface area contributed by atoms with Gasteiger partial charge in [0, 0.05) is 37.1 Å². The van der Waals surface area contributed by atoms with Crippen molar-refractivity contribution in [1.29, 1.82) is 0 Å². The van der Waals surface area contributed by atoms with E-state index in [9.17, 15) is 0 Å². The molecule has 0 spiro atoms. The second-order valence-electron chi connectivity index (χ2n) is 5.12. The SMILES string of the molecule is CCNC(Cc1cccnc1)Cc1cc(C)nn1CC. The molecule has 0 aliphatic heterocycles. The number of hydrogen-bond acceptors (Lipinski definition) is 3. The Morgan fingerprint density at radius 1 is 1.30 bits per heavy atom. The highest BCUT2D eigenvalue weighted by Crippen LogP contribution is 2.10. The molecule has 0 saturated carbocycles. The minimum Gasteiger partial charge on any atom is -0.314 e. The van der Waals surface area contributed by atoms with Crippen molar-refractivity contribution in [2.75, 3.05) is 6.54 Å². The van der Waals surface area contributed by atoms with Gasteiger partial charge in [-0.3, -0.25) is 9.67 Å². The van der Waals surface area contributed by atoms with Crippen molar-refractivity contribution in [1.82, 2.24) is 20.1 Å². The van der Waals surface area contributed by atoms with Crippen molar-refractivity contribution in [3.05, 3.63) is 47.5 Å². The molecule has 2 heterocycles. The summed E-state index contributed by atoms with van der Waals surface area (Å²) < 4.78 is 2.10. The molecule has 1 atom stereocenters. The van der Waals surface area contributed by atoms with E-state index in [2.05, 4.69) is 53.0 Å². The van der Waals surface area contributed by atoms with Crippen molar-refractivity contribution in [3.63, 3.8) is 0 Å². The van der Waals surface area contributed by atoms with Gasteiger partial charge in [-0.15, -0.1) is 0 Å². The zero-order chi connectivity index (χ0) is 14.4. The molecule has 2 rings (SSSR count). The van der Waals surface area contributed by atoms with Gasteiger partial charge in [0.2, 0.25) is 0 Å². The van der Waals surface area contributed by atoms with Gasteiger partial charge >= 0.3 is 0 Å². The predicted octanol–water partition coefficient (Wildman–Crippen LogP) is 2.37. The normalized spacial score (nSPS) is 12.6. The first-order valence-corrected chi connectivity index (χ1v) is 7.38. The largest absolute Gasteiger partial charge is 0.314 e. The van der Waals surface area contributed by atoms with Crippen LogP contribution in [-0.2, 0) is 19.4 Å². The molecule has 20 heavy (non-hydrogen) atoms. The maximum atomic E-state index is 4.53. The molecule has 2 aromatic rings. The Morgan fingerprint density at radius 2 is 2.15 bits per heavy atom. The Morgan fingerprint density at radius 3 is 2.80 bits per heavy atom. The van der Waals surface area contributed by atoms with Crippen molar-refractivity contribution < 1.29 is 0 Å². The monoisotopic (exact) mass is 272 g/mol. The highest BCUT2D eigenvalue weighted by Gasteiger charge is 2.13. The van der Waals surface area contributed by atoms with Crippen LogP contribution in [0.15, 0.2) is 30.6 Å². The van der Waals surface area contributed by atoms with Gasteiger partial charge in [-0.05, 0) is 44.5 Å². The molecule has 0 saturated heterocycles. The average molecular weight is 272 g/mol. The molecule has 4 heteroatoms. The highest BCUT2D eigenvalue weighted by molar-refractivity contribution is 5.14. The number of likely N-dealkylation sites (N-methyl/N-ethyl adjacent to an activating group) is 1. The van der Waals surface area contributed by atoms with E-state index in [1.807, 2.05) is 18.5 Å². The first-order valence-electron chi connectivity index (χ1n) is 7.38. The number of pyridine rings is 1. The number of nitrogens with zero attached hydrogens (tertiary/aromatic N) is 3. The van der Waals surface area contributed by atoms with E-state index in [0.717, 1.165) is 31.6 Å². The topological polar surface area (TPSA) is 42.7 Å². The lowest BCUT2D eigenvalue weighted by atomic mass is 10.0. The van der Waals surface area contributed by atoms with Gasteiger partial charge in [-0.25, -0.2) is 0 Å². The highest BCUT2D eigenvalue weighted by atomic mass is 15.3. The van der Waals surface area contributed by atoms with Crippen LogP contribution in [0.3, 0.4) is 0 Å². The molecule has 0 amide bonds. The Kier molecular flexibility index (Phi) is 5.30. The summed E-state index contributed by atoms with van der Waals surface area (Å²) >= 11 is 0. The zero-order valence-corrected chi connectivity index (χ0v) is 12.6. The fourth-order valence-electron chi connectivity index (χ4n) is 2.60. The first-order chi connectivity index (χ1) is 9.72. The molecule has 0 radical (unpaired) electrons. The molecular weight excluding hydrogens is 248 g/mol. The molecule has 0 aromatic carbocycles. The fourth-order valence-corrected chi connectivity index (χ4v) is 2.60. The minimum absolute atomic E-state index is 0.422. The van der Waals surface area contributed by atoms with E-state index in [1.165, 1.54) is 11.3 Å². The molecular formula is C16H24N4. The third-order valence-electron chi connectivity index (χ3n) is 3.44. The van der Waals surface area contributed by atoms with Crippen LogP contribution in [0.25, 0.3) is 0 Å². The van der Waals surface area contributed by atoms with Crippen LogP contribution in [0.5, 0.6) is 0 Å². The van der Waals surface area contributed by atoms with Crippen molar-refractivity contribution in [2.45, 2.75) is 46.2 Å². The van der Waals surface area contributed by atoms with Crippen molar-refractivity contribution in [3.8, 4) is 0 Å². The summed E-state index contributed by atoms with van der Waals surface area (Å²) in [6.45, 7) is 8.25. The van der Waals surface area contributed by atoms with Gasteiger partial charge in [0.1, 0.15) is 0 Å². The van der Waals surface area contributed by atoms with Gasteiger partial charge in [0.25, 0.3) is 0 Å². The molecule has 0 fully saturated rings. The number of hydrogen-bond donors (Lipinski definition) is 1. The van der Waals surface area contributed by atoms with Crippen LogP contribution in [0.4, 0.5) is 0 Å². The van der Waals surface area contributed by atoms with E-state index >= 15 is 0 Å². The van der Waals surface area contributed by atoms with Crippen molar-refractivity contribution >= 4 is 0 Å². The smallest absolute Gasteiger partial charge is 0.0596 e. The minimum atomic E-state index is 0.422. The van der Waals surface area contributed by atoms with E-state index < -0.39 is 0 Å². The second-order valence-corrected chi connectivity index (χ2v) is 5.12. The van der Waals surface area contributed by atoms with Crippen LogP contribution in [0.2, 0.25) is 0 Å². The average Bonchev–Trinajstić information content (AvgIpc) is 2.80. The Bertz CT molecular complexity index is 519. The molecule has 2 aromatic heterocycles. The van der Waals surface area contributed by atoms with Crippen LogP contribution in [-0.4, -0.2) is 27.4 Å². The third-order valence-corrected chi connectivity index (χ3v) is 3.44. The van der Waals surface area contributed by atoms with Crippen LogP contribution >= 0.6 is 0 Å². The summed E-state index contributed by atoms with van der Waals surface area (Å²) in [4.78, 5) is 4.20. The maximum absolute atomic E-state index is 4.53. The summed E-state index contributed by atoms with van der Waals surface area (Å²) in [5.41, 5.74) is 3.68. The van der Waals surface area contributed by atoms with Crippen LogP contribution in [0.1, 0.15) is 30.8 Å². The van der Waals surface area contributed by atoms with E-state index in [4.69, 9.17) is 0 Å². The molecule has 0 aliphatic carbocycles. The molecule has 4 nitrogen and oxygen atoms in total. The summed E-state index contributed by atoms with van der Waals surface area (Å²) in [7, 11) is 0. The van der Waals surface area contributed by atoms with E-state index in [0.29, 0.717) is 6.04 Å². The quantitative estimate of drug-likeness (QED) is 0.841. The van der Waals surface area contributed by atoms with Gasteiger partial charge in [-0.2, -0.15) is 5.10 Å². The summed E-state index contributed by atoms with van der Waals surface area (Å²) in [5, 5.41) is 8.10. The summed E-state index contributed by atoms with van der Waals surface area (Å²) in [6.07, 6.45) is 5.76. The van der Waals surface area contributed by atoms with Crippen LogP contribution < -0.4 is 5.32 Å². The van der Waals surface area contributed by atoms with Crippen LogP contribution in [0, 0.1) is 6.92 Å². The van der Waals surface area contributed by atoms with E-state index in [1.54, 1.807) is 0 Å². The molecule has 1 unspecified atom stereocenters. The number of aromatic nitrogens is 3. The number of rotatable bonds is 7. The Hall–Kier alpha value is -1.68.